The van der Waals surface area contributed by atoms with Gasteiger partial charge in [-0.05, 0) is 82.6 Å². The van der Waals surface area contributed by atoms with Crippen LogP contribution in [0.15, 0.2) is 249 Å². The number of hydrogen-bond acceptors (Lipinski definition) is 3. The molecular weight excluding hydrogens is 899 g/mol. The fraction of sp³-hybridized carbons (Fsp3) is 0.0625. The number of ether oxygens (including phenoxy) is 1. The summed E-state index contributed by atoms with van der Waals surface area (Å²) in [5.41, 5.74) is 9.43. The first-order valence-electron chi connectivity index (χ1n) is 24.3. The van der Waals surface area contributed by atoms with Crippen molar-refractivity contribution in [3.8, 4) is 45.3 Å². The molecule has 0 aliphatic carbocycles. The Morgan fingerprint density at radius 1 is 0.535 bits per heavy atom. The maximum Gasteiger partial charge on any atom is 0.304 e. The second-order valence-electron chi connectivity index (χ2n) is 19.4. The summed E-state index contributed by atoms with van der Waals surface area (Å²) >= 11 is 0. The normalized spacial score (nSPS) is 12.9. The molecule has 0 unspecified atom stereocenters. The monoisotopic (exact) mass is 949 g/mol. The Kier molecular flexibility index (Phi) is 10.9. The number of fused-ring (bicyclic) bond motifs is 2. The number of hydrogen-bond donors (Lipinski definition) is 1. The molecule has 0 spiro atoms. The summed E-state index contributed by atoms with van der Waals surface area (Å²) in [5, 5.41) is 7.43. The minimum Gasteiger partial charge on any atom is -0.440 e. The molecule has 0 radical (unpaired) electrons. The fourth-order valence-corrected chi connectivity index (χ4v) is 18.8. The molecule has 2 aromatic heterocycles. The van der Waals surface area contributed by atoms with E-state index in [-0.39, 0.29) is 5.41 Å². The second-order valence-corrected chi connectivity index (χ2v) is 26.2. The lowest BCUT2D eigenvalue weighted by Gasteiger charge is -2.39. The highest BCUT2D eigenvalue weighted by Crippen LogP contribution is 2.36. The van der Waals surface area contributed by atoms with E-state index in [1.54, 1.807) is 0 Å². The van der Waals surface area contributed by atoms with Gasteiger partial charge < -0.3 is 9.53 Å². The predicted octanol–water partition coefficient (Wildman–Crippen LogP) is 9.18. The molecule has 3 heterocycles. The SMILES string of the molecule is CC(C)(C)c1cc(Oc2ccc3c(c2)-n2[c-][n+](-c4c(-c5ccccc5)cccc4-c4ccccc4)c4cccc(c42)[Si]3(c2ccccc2)c2ccccc2)nc([Si](O)(c2ccccc2)c2ccccc2)c1. The van der Waals surface area contributed by atoms with Crippen molar-refractivity contribution in [1.29, 1.82) is 0 Å². The van der Waals surface area contributed by atoms with Crippen LogP contribution < -0.4 is 45.7 Å². The molecule has 5 nitrogen and oxygen atoms in total. The number of nitrogens with zero attached hydrogens (tertiary/aromatic N) is 3. The van der Waals surface area contributed by atoms with Crippen molar-refractivity contribution in [2.24, 2.45) is 0 Å². The van der Waals surface area contributed by atoms with Crippen LogP contribution in [0.1, 0.15) is 26.3 Å². The van der Waals surface area contributed by atoms with Gasteiger partial charge in [0.2, 0.25) is 5.88 Å². The van der Waals surface area contributed by atoms with Crippen LogP contribution >= 0.6 is 0 Å². The number of rotatable bonds is 10. The second kappa shape index (κ2) is 17.6. The molecule has 0 bridgehead atoms. The number of para-hydroxylation sites is 2. The van der Waals surface area contributed by atoms with E-state index in [1.165, 1.54) is 20.7 Å². The number of imidazole rings is 1. The maximum absolute atomic E-state index is 13.2. The van der Waals surface area contributed by atoms with Gasteiger partial charge in [-0.1, -0.05) is 245 Å². The van der Waals surface area contributed by atoms with E-state index in [9.17, 15) is 4.80 Å². The standard InChI is InChI=1S/C64H51N3O2Si2/c1-64(2,3)48-42-60(65-61(43-48)71(68,52-32-18-8-19-33-52)53-34-20-9-21-35-53)69-49-40-41-58-57(44-49)67-45-66(62-54(46-24-10-4-11-25-46)36-22-37-55(62)47-26-12-5-13-27-47)56-38-23-39-59(63(56)67)70(58,50-28-14-6-15-29-50)51-30-16-7-17-31-51/h4-44,68H,1-3H3. The highest BCUT2D eigenvalue weighted by Gasteiger charge is 2.48. The molecule has 0 fully saturated rings. The van der Waals surface area contributed by atoms with E-state index in [4.69, 9.17) is 9.72 Å². The zero-order chi connectivity index (χ0) is 48.2. The topological polar surface area (TPSA) is 51.2 Å². The molecule has 1 N–H and O–H groups in total. The highest BCUT2D eigenvalue weighted by molar-refractivity contribution is 7.21. The molecule has 1 aliphatic heterocycles. The number of benzene rings is 9. The van der Waals surface area contributed by atoms with E-state index < -0.39 is 16.4 Å². The Balaban J connectivity index is 1.12. The van der Waals surface area contributed by atoms with Crippen molar-refractivity contribution < 1.29 is 14.1 Å². The maximum atomic E-state index is 13.2. The molecule has 1 aliphatic rings. The van der Waals surface area contributed by atoms with Crippen LogP contribution in [-0.4, -0.2) is 30.7 Å². The van der Waals surface area contributed by atoms with Crippen LogP contribution in [0.2, 0.25) is 0 Å². The van der Waals surface area contributed by atoms with Gasteiger partial charge in [0.05, 0.1) is 27.7 Å². The summed E-state index contributed by atoms with van der Waals surface area (Å²) in [6, 6.07) is 87.7. The van der Waals surface area contributed by atoms with E-state index in [0.717, 1.165) is 60.6 Å². The van der Waals surface area contributed by atoms with E-state index in [1.807, 2.05) is 66.7 Å². The first-order chi connectivity index (χ1) is 34.7. The van der Waals surface area contributed by atoms with Gasteiger partial charge in [0.1, 0.15) is 5.75 Å². The van der Waals surface area contributed by atoms with Crippen molar-refractivity contribution in [1.82, 2.24) is 9.55 Å². The molecule has 9 aromatic carbocycles. The summed E-state index contributed by atoms with van der Waals surface area (Å²) in [4.78, 5) is 18.5. The first-order valence-corrected chi connectivity index (χ1v) is 28.2. The summed E-state index contributed by atoms with van der Waals surface area (Å²) in [7, 11) is -6.67. The molecule has 0 amide bonds. The Bertz CT molecular complexity index is 3570. The molecule has 342 valence electrons. The Labute approximate surface area is 417 Å². The van der Waals surface area contributed by atoms with Gasteiger partial charge >= 0.3 is 8.32 Å². The van der Waals surface area contributed by atoms with Crippen LogP contribution in [0.4, 0.5) is 0 Å². The fourth-order valence-electron chi connectivity index (χ4n) is 10.8. The predicted molar refractivity (Wildman–Crippen MR) is 294 cm³/mol. The van der Waals surface area contributed by atoms with Gasteiger partial charge in [0.25, 0.3) is 6.33 Å². The summed E-state index contributed by atoms with van der Waals surface area (Å²) < 4.78 is 11.6. The minimum atomic E-state index is -3.61. The smallest absolute Gasteiger partial charge is 0.304 e. The van der Waals surface area contributed by atoms with Crippen molar-refractivity contribution >= 4 is 63.9 Å². The van der Waals surface area contributed by atoms with Gasteiger partial charge in [-0.2, -0.15) is 0 Å². The molecule has 0 saturated carbocycles. The van der Waals surface area contributed by atoms with Crippen molar-refractivity contribution in [2.45, 2.75) is 26.2 Å². The quantitative estimate of drug-likeness (QED) is 0.0846. The third kappa shape index (κ3) is 7.40. The molecule has 12 rings (SSSR count). The van der Waals surface area contributed by atoms with Gasteiger partial charge in [0, 0.05) is 6.07 Å². The lowest BCUT2D eigenvalue weighted by atomic mass is 9.88. The van der Waals surface area contributed by atoms with E-state index in [0.29, 0.717) is 16.9 Å². The van der Waals surface area contributed by atoms with Crippen LogP contribution in [0.25, 0.3) is 44.7 Å². The molecule has 0 atom stereocenters. The van der Waals surface area contributed by atoms with E-state index >= 15 is 0 Å². The van der Waals surface area contributed by atoms with Gasteiger partial charge in [-0.15, -0.1) is 0 Å². The van der Waals surface area contributed by atoms with Gasteiger partial charge in [0.15, 0.2) is 8.07 Å². The first kappa shape index (κ1) is 44.0. The minimum absolute atomic E-state index is 0.275. The number of aromatic nitrogens is 3. The van der Waals surface area contributed by atoms with E-state index in [2.05, 4.69) is 218 Å². The third-order valence-corrected chi connectivity index (χ3v) is 22.4. The van der Waals surface area contributed by atoms with Gasteiger partial charge in [-0.25, -0.2) is 4.98 Å². The largest absolute Gasteiger partial charge is 0.440 e. The average molecular weight is 950 g/mol. The van der Waals surface area contributed by atoms with Crippen molar-refractivity contribution in [3.05, 3.63) is 261 Å². The molecule has 0 saturated heterocycles. The summed E-state index contributed by atoms with van der Waals surface area (Å²) in [5.74, 6) is 1.06. The van der Waals surface area contributed by atoms with Gasteiger partial charge in [-0.3, -0.25) is 9.13 Å². The molecule has 7 heteroatoms. The van der Waals surface area contributed by atoms with Crippen molar-refractivity contribution in [2.75, 3.05) is 0 Å². The molecule has 11 aromatic rings. The Morgan fingerprint density at radius 2 is 1.04 bits per heavy atom. The number of pyridine rings is 1. The van der Waals surface area contributed by atoms with Crippen molar-refractivity contribution in [3.63, 3.8) is 0 Å². The lowest BCUT2D eigenvalue weighted by Crippen LogP contribution is -2.76. The van der Waals surface area contributed by atoms with Crippen LogP contribution in [-0.2, 0) is 5.41 Å². The van der Waals surface area contributed by atoms with Crippen LogP contribution in [0, 0.1) is 6.33 Å². The third-order valence-electron chi connectivity index (χ3n) is 14.2. The molecule has 71 heavy (non-hydrogen) atoms. The summed E-state index contributed by atoms with van der Waals surface area (Å²) in [6.45, 7) is 6.57. The highest BCUT2D eigenvalue weighted by atomic mass is 28.4. The average Bonchev–Trinajstić information content (AvgIpc) is 3.82. The van der Waals surface area contributed by atoms with Crippen LogP contribution in [0.3, 0.4) is 0 Å². The summed E-state index contributed by atoms with van der Waals surface area (Å²) in [6.07, 6.45) is 4.01. The zero-order valence-corrected chi connectivity index (χ0v) is 41.9. The molecular formula is C64H51N3O2Si2. The van der Waals surface area contributed by atoms with Crippen LogP contribution in [0.5, 0.6) is 11.6 Å². The zero-order valence-electron chi connectivity index (χ0n) is 39.9. The Morgan fingerprint density at radius 3 is 1.58 bits per heavy atom. The Hall–Kier alpha value is -8.21. The lowest BCUT2D eigenvalue weighted by molar-refractivity contribution is -0.571.